The molecule has 1 N–H and O–H groups in total. The molecule has 0 saturated carbocycles. The van der Waals surface area contributed by atoms with E-state index in [0.717, 1.165) is 38.3 Å². The molecule has 6 nitrogen and oxygen atoms in total. The van der Waals surface area contributed by atoms with Crippen molar-refractivity contribution < 1.29 is 19.4 Å². The molecule has 26 heavy (non-hydrogen) atoms. The van der Waals surface area contributed by atoms with Crippen LogP contribution in [-0.4, -0.2) is 78.5 Å². The normalized spacial score (nSPS) is 21.6. The largest absolute Gasteiger partial charge is 0.490 e. The van der Waals surface area contributed by atoms with Gasteiger partial charge in [-0.1, -0.05) is 0 Å². The van der Waals surface area contributed by atoms with E-state index in [1.165, 1.54) is 0 Å². The lowest BCUT2D eigenvalue weighted by Crippen LogP contribution is -2.60. The molecule has 6 heteroatoms. The van der Waals surface area contributed by atoms with E-state index < -0.39 is 0 Å². The molecule has 0 bridgehead atoms. The number of carbonyl (C=O) groups excluding carboxylic acids is 1. The summed E-state index contributed by atoms with van der Waals surface area (Å²) >= 11 is 0. The number of hydrogen-bond donors (Lipinski definition) is 1. The average molecular weight is 362 g/mol. The number of aliphatic hydroxyl groups is 1. The van der Waals surface area contributed by atoms with Crippen LogP contribution in [0.2, 0.25) is 0 Å². The molecule has 0 radical (unpaired) electrons. The van der Waals surface area contributed by atoms with E-state index in [0.29, 0.717) is 25.2 Å². The van der Waals surface area contributed by atoms with E-state index in [2.05, 4.69) is 18.7 Å². The zero-order chi connectivity index (χ0) is 18.6. The smallest absolute Gasteiger partial charge is 0.253 e. The highest BCUT2D eigenvalue weighted by atomic mass is 16.5. The first-order valence-electron chi connectivity index (χ1n) is 9.49. The molecule has 3 rings (SSSR count). The van der Waals surface area contributed by atoms with Gasteiger partial charge in [-0.25, -0.2) is 0 Å². The Morgan fingerprint density at radius 2 is 1.92 bits per heavy atom. The fraction of sp³-hybridized carbons (Fsp3) is 0.650. The topological polar surface area (TPSA) is 62.2 Å². The number of carbonyl (C=O) groups is 1. The van der Waals surface area contributed by atoms with Crippen LogP contribution in [0.15, 0.2) is 24.3 Å². The van der Waals surface area contributed by atoms with Crippen LogP contribution in [0.5, 0.6) is 5.75 Å². The van der Waals surface area contributed by atoms with Crippen molar-refractivity contribution in [1.82, 2.24) is 9.80 Å². The van der Waals surface area contributed by atoms with Gasteiger partial charge in [0.25, 0.3) is 5.91 Å². The second-order valence-corrected chi connectivity index (χ2v) is 7.70. The van der Waals surface area contributed by atoms with Crippen molar-refractivity contribution in [3.63, 3.8) is 0 Å². The van der Waals surface area contributed by atoms with Gasteiger partial charge in [-0.3, -0.25) is 9.69 Å². The Morgan fingerprint density at radius 3 is 2.54 bits per heavy atom. The first-order chi connectivity index (χ1) is 12.5. The number of amides is 1. The highest BCUT2D eigenvalue weighted by Crippen LogP contribution is 2.23. The van der Waals surface area contributed by atoms with Crippen molar-refractivity contribution in [1.29, 1.82) is 0 Å². The van der Waals surface area contributed by atoms with Crippen molar-refractivity contribution >= 4 is 5.91 Å². The van der Waals surface area contributed by atoms with Crippen LogP contribution in [0.25, 0.3) is 0 Å². The predicted octanol–water partition coefficient (Wildman–Crippen LogP) is 1.77. The van der Waals surface area contributed by atoms with Crippen molar-refractivity contribution in [3.8, 4) is 5.75 Å². The Hall–Kier alpha value is -1.63. The van der Waals surface area contributed by atoms with E-state index >= 15 is 0 Å². The van der Waals surface area contributed by atoms with Crippen molar-refractivity contribution in [2.45, 2.75) is 38.3 Å². The maximum Gasteiger partial charge on any atom is 0.253 e. The summed E-state index contributed by atoms with van der Waals surface area (Å²) in [5, 5.41) is 9.21. The summed E-state index contributed by atoms with van der Waals surface area (Å²) in [5.41, 5.74) is 0.554. The molecular weight excluding hydrogens is 332 g/mol. The molecule has 1 aromatic carbocycles. The van der Waals surface area contributed by atoms with Gasteiger partial charge in [0, 0.05) is 50.1 Å². The molecule has 0 aromatic heterocycles. The van der Waals surface area contributed by atoms with Crippen LogP contribution in [0.4, 0.5) is 0 Å². The lowest BCUT2D eigenvalue weighted by Gasteiger charge is -2.47. The van der Waals surface area contributed by atoms with E-state index in [1.807, 2.05) is 29.2 Å². The maximum absolute atomic E-state index is 12.9. The molecule has 0 aliphatic carbocycles. The van der Waals surface area contributed by atoms with E-state index in [9.17, 15) is 9.90 Å². The quantitative estimate of drug-likeness (QED) is 0.865. The standard InChI is InChI=1S/C20H30N2O4/c1-20(2)15-21(9-10-22(20)11-12-23)19(24)16-3-5-17(6-4-16)26-18-7-13-25-14-8-18/h3-6,18,23H,7-15H2,1-2H3. The second-order valence-electron chi connectivity index (χ2n) is 7.70. The lowest BCUT2D eigenvalue weighted by atomic mass is 9.98. The number of aliphatic hydroxyl groups excluding tert-OH is 1. The third-order valence-electron chi connectivity index (χ3n) is 5.30. The molecule has 144 valence electrons. The van der Waals surface area contributed by atoms with Crippen LogP contribution in [0.3, 0.4) is 0 Å². The summed E-state index contributed by atoms with van der Waals surface area (Å²) in [6.45, 7) is 8.65. The zero-order valence-electron chi connectivity index (χ0n) is 15.8. The zero-order valence-corrected chi connectivity index (χ0v) is 15.8. The Morgan fingerprint density at radius 1 is 1.23 bits per heavy atom. The predicted molar refractivity (Wildman–Crippen MR) is 99.6 cm³/mol. The molecule has 1 amide bonds. The fourth-order valence-electron chi connectivity index (χ4n) is 3.74. The Bertz CT molecular complexity index is 596. The van der Waals surface area contributed by atoms with Gasteiger partial charge in [-0.2, -0.15) is 0 Å². The first kappa shape index (κ1) is 19.1. The summed E-state index contributed by atoms with van der Waals surface area (Å²) in [4.78, 5) is 17.0. The molecular formula is C20H30N2O4. The summed E-state index contributed by atoms with van der Waals surface area (Å²) in [7, 11) is 0. The Kier molecular flexibility index (Phi) is 6.16. The van der Waals surface area contributed by atoms with Crippen LogP contribution in [0, 0.1) is 0 Å². The number of piperazine rings is 1. The summed E-state index contributed by atoms with van der Waals surface area (Å²) in [6, 6.07) is 7.47. The number of ether oxygens (including phenoxy) is 2. The minimum absolute atomic E-state index is 0.0549. The van der Waals surface area contributed by atoms with E-state index in [1.54, 1.807) is 0 Å². The molecule has 0 atom stereocenters. The van der Waals surface area contributed by atoms with Gasteiger partial charge in [0.05, 0.1) is 19.8 Å². The van der Waals surface area contributed by atoms with Gasteiger partial charge in [-0.05, 0) is 38.1 Å². The van der Waals surface area contributed by atoms with Gasteiger partial charge in [0.15, 0.2) is 0 Å². The lowest BCUT2D eigenvalue weighted by molar-refractivity contribution is 0.0107. The molecule has 2 saturated heterocycles. The maximum atomic E-state index is 12.9. The monoisotopic (exact) mass is 362 g/mol. The van der Waals surface area contributed by atoms with Gasteiger partial charge in [-0.15, -0.1) is 0 Å². The minimum Gasteiger partial charge on any atom is -0.490 e. The van der Waals surface area contributed by atoms with Crippen LogP contribution >= 0.6 is 0 Å². The number of rotatable bonds is 5. The van der Waals surface area contributed by atoms with Gasteiger partial charge in [0.1, 0.15) is 11.9 Å². The van der Waals surface area contributed by atoms with E-state index in [-0.39, 0.29) is 24.2 Å². The third kappa shape index (κ3) is 4.55. The van der Waals surface area contributed by atoms with Crippen molar-refractivity contribution in [2.75, 3.05) is 46.0 Å². The number of benzene rings is 1. The second kappa shape index (κ2) is 8.37. The van der Waals surface area contributed by atoms with Crippen molar-refractivity contribution in [2.24, 2.45) is 0 Å². The summed E-state index contributed by atoms with van der Waals surface area (Å²) in [6.07, 6.45) is 2.02. The molecule has 0 spiro atoms. The molecule has 2 fully saturated rings. The number of nitrogens with zero attached hydrogens (tertiary/aromatic N) is 2. The first-order valence-corrected chi connectivity index (χ1v) is 9.49. The number of hydrogen-bond acceptors (Lipinski definition) is 5. The molecule has 0 unspecified atom stereocenters. The molecule has 2 heterocycles. The minimum atomic E-state index is -0.136. The van der Waals surface area contributed by atoms with E-state index in [4.69, 9.17) is 9.47 Å². The molecule has 2 aliphatic heterocycles. The number of β-amino-alcohol motifs (C(OH)–C–C–N with tert-alkyl or cyclic N) is 1. The van der Waals surface area contributed by atoms with Gasteiger partial charge in [0.2, 0.25) is 0 Å². The molecule has 2 aliphatic rings. The van der Waals surface area contributed by atoms with Crippen molar-refractivity contribution in [3.05, 3.63) is 29.8 Å². The van der Waals surface area contributed by atoms with Gasteiger partial charge >= 0.3 is 0 Å². The Balaban J connectivity index is 1.59. The fourth-order valence-corrected chi connectivity index (χ4v) is 3.74. The summed E-state index contributed by atoms with van der Waals surface area (Å²) in [5.74, 6) is 0.862. The highest BCUT2D eigenvalue weighted by Gasteiger charge is 2.35. The summed E-state index contributed by atoms with van der Waals surface area (Å²) < 4.78 is 11.3. The van der Waals surface area contributed by atoms with Crippen LogP contribution < -0.4 is 4.74 Å². The Labute approximate surface area is 155 Å². The third-order valence-corrected chi connectivity index (χ3v) is 5.30. The average Bonchev–Trinajstić information content (AvgIpc) is 2.64. The van der Waals surface area contributed by atoms with Gasteiger partial charge < -0.3 is 19.5 Å². The van der Waals surface area contributed by atoms with Crippen LogP contribution in [-0.2, 0) is 4.74 Å². The van der Waals surface area contributed by atoms with Crippen LogP contribution in [0.1, 0.15) is 37.0 Å². The SMILES string of the molecule is CC1(C)CN(C(=O)c2ccc(OC3CCOCC3)cc2)CCN1CCO. The molecule has 1 aromatic rings. The highest BCUT2D eigenvalue weighted by molar-refractivity contribution is 5.94.